The van der Waals surface area contributed by atoms with E-state index in [1.165, 1.54) is 18.2 Å². The van der Waals surface area contributed by atoms with Crippen LogP contribution >= 0.6 is 0 Å². The molecule has 4 N–H and O–H groups in total. The number of nitrogens with two attached hydrogens (primary N) is 1. The average molecular weight is 647 g/mol. The quantitative estimate of drug-likeness (QED) is 0.245. The van der Waals surface area contributed by atoms with Crippen LogP contribution in [-0.4, -0.2) is 76.6 Å². The normalized spacial score (nSPS) is 17.0. The fraction of sp³-hybridized carbons (Fsp3) is 0.452. The van der Waals surface area contributed by atoms with E-state index in [2.05, 4.69) is 34.4 Å². The number of fused-ring (bicyclic) bond motifs is 1. The summed E-state index contributed by atoms with van der Waals surface area (Å²) in [4.78, 5) is 2.12. The van der Waals surface area contributed by atoms with E-state index in [1.54, 1.807) is 31.4 Å². The van der Waals surface area contributed by atoms with Crippen LogP contribution in [0.15, 0.2) is 47.4 Å². The molecule has 0 radical (unpaired) electrons. The number of alkyl halides is 3. The highest BCUT2D eigenvalue weighted by molar-refractivity contribution is 7.89. The molecule has 0 saturated heterocycles. The molecule has 0 unspecified atom stereocenters. The number of ether oxygens (including phenoxy) is 2. The van der Waals surface area contributed by atoms with E-state index in [1.807, 2.05) is 6.07 Å². The molecule has 0 spiro atoms. The molecule has 0 aliphatic heterocycles. The second-order valence-corrected chi connectivity index (χ2v) is 12.5. The Hall–Kier alpha value is -3.95. The lowest BCUT2D eigenvalue weighted by molar-refractivity contribution is -0.140. The topological polar surface area (TPSA) is 135 Å². The Kier molecular flexibility index (Phi) is 11.2. The second-order valence-electron chi connectivity index (χ2n) is 10.9. The Morgan fingerprint density at radius 1 is 1.13 bits per heavy atom. The van der Waals surface area contributed by atoms with Gasteiger partial charge >= 0.3 is 6.18 Å². The summed E-state index contributed by atoms with van der Waals surface area (Å²) in [6.45, 7) is 0.00962. The molecule has 0 amide bonds. The van der Waals surface area contributed by atoms with Crippen molar-refractivity contribution in [3.63, 3.8) is 0 Å². The summed E-state index contributed by atoms with van der Waals surface area (Å²) in [6, 6.07) is 13.3. The van der Waals surface area contributed by atoms with E-state index >= 15 is 0 Å². The molecule has 14 heteroatoms. The summed E-state index contributed by atoms with van der Waals surface area (Å²) in [5, 5.41) is 21.2. The maximum atomic E-state index is 13.7. The maximum absolute atomic E-state index is 13.7. The van der Waals surface area contributed by atoms with Crippen molar-refractivity contribution in [3.8, 4) is 23.7 Å². The van der Waals surface area contributed by atoms with Crippen LogP contribution in [0.4, 0.5) is 24.5 Å². The van der Waals surface area contributed by atoms with Crippen LogP contribution in [0.5, 0.6) is 5.75 Å². The Bertz CT molecular complexity index is 1680. The Morgan fingerprint density at radius 3 is 2.56 bits per heavy atom. The van der Waals surface area contributed by atoms with Gasteiger partial charge in [-0.05, 0) is 69.0 Å². The van der Waals surface area contributed by atoms with Gasteiger partial charge in [0, 0.05) is 42.9 Å². The molecule has 3 aromatic rings. The first-order valence-corrected chi connectivity index (χ1v) is 16.0. The fourth-order valence-corrected chi connectivity index (χ4v) is 6.02. The predicted molar refractivity (Wildman–Crippen MR) is 166 cm³/mol. The molecule has 1 heterocycles. The van der Waals surface area contributed by atoms with Crippen molar-refractivity contribution < 1.29 is 31.1 Å². The highest BCUT2D eigenvalue weighted by atomic mass is 32.2. The number of hydrogen-bond donors (Lipinski definition) is 3. The summed E-state index contributed by atoms with van der Waals surface area (Å²) in [7, 11) is -0.215. The highest BCUT2D eigenvalue weighted by Crippen LogP contribution is 2.33. The third kappa shape index (κ3) is 9.28. The number of nitriles is 1. The lowest BCUT2D eigenvalue weighted by Gasteiger charge is -2.35. The molecule has 10 nitrogen and oxygen atoms in total. The second kappa shape index (κ2) is 14.9. The zero-order valence-electron chi connectivity index (χ0n) is 25.2. The number of methoxy groups -OCH3 is 1. The lowest BCUT2D eigenvalue weighted by Crippen LogP contribution is -2.39. The van der Waals surface area contributed by atoms with E-state index in [0.717, 1.165) is 42.5 Å². The van der Waals surface area contributed by atoms with E-state index in [4.69, 9.17) is 19.9 Å². The number of rotatable bonds is 12. The summed E-state index contributed by atoms with van der Waals surface area (Å²) >= 11 is 0. The number of primary sulfonamides is 1. The standard InChI is InChI=1S/C31H37F3N6O4S/c1-39(16-18-43-2)23-10-8-22(9-11-23)38-27-6-3-7-29-26(27)19-24(40(29)21-31(32,33)34)5-4-15-37-28-13-12-25(45(36,41)42)20-30(28)44-17-14-35/h3,6-7,12-13,19-20,22-23,37-38H,8-11,15-18,21H2,1-2H3,(H2,36,41,42)/t22-,23+. The molecule has 45 heavy (non-hydrogen) atoms. The minimum absolute atomic E-state index is 0.00163. The Balaban J connectivity index is 1.53. The monoisotopic (exact) mass is 646 g/mol. The van der Waals surface area contributed by atoms with Crippen molar-refractivity contribution in [3.05, 3.63) is 48.2 Å². The zero-order valence-corrected chi connectivity index (χ0v) is 26.0. The number of halogens is 3. The van der Waals surface area contributed by atoms with Crippen LogP contribution in [-0.2, 0) is 21.3 Å². The van der Waals surface area contributed by atoms with Crippen molar-refractivity contribution in [2.45, 2.75) is 55.4 Å². The van der Waals surface area contributed by atoms with Gasteiger partial charge in [0.15, 0.2) is 6.61 Å². The van der Waals surface area contributed by atoms with Crippen molar-refractivity contribution in [1.29, 1.82) is 5.26 Å². The van der Waals surface area contributed by atoms with Crippen LogP contribution in [0.3, 0.4) is 0 Å². The van der Waals surface area contributed by atoms with E-state index in [-0.39, 0.29) is 35.5 Å². The maximum Gasteiger partial charge on any atom is 0.406 e. The smallest absolute Gasteiger partial charge is 0.406 e. The van der Waals surface area contributed by atoms with E-state index in [0.29, 0.717) is 29.2 Å². The summed E-state index contributed by atoms with van der Waals surface area (Å²) in [5.41, 5.74) is 1.73. The molecule has 1 saturated carbocycles. The van der Waals surface area contributed by atoms with Crippen LogP contribution in [0.1, 0.15) is 31.4 Å². The lowest BCUT2D eigenvalue weighted by atomic mass is 9.90. The molecule has 0 atom stereocenters. The predicted octanol–water partition coefficient (Wildman–Crippen LogP) is 4.52. The largest absolute Gasteiger partial charge is 0.477 e. The van der Waals surface area contributed by atoms with Crippen molar-refractivity contribution >= 4 is 32.3 Å². The first kappa shape index (κ1) is 33.9. The minimum atomic E-state index is -4.46. The zero-order chi connectivity index (χ0) is 32.6. The van der Waals surface area contributed by atoms with Gasteiger partial charge in [-0.2, -0.15) is 18.4 Å². The van der Waals surface area contributed by atoms with Gasteiger partial charge in [-0.1, -0.05) is 12.0 Å². The van der Waals surface area contributed by atoms with Gasteiger partial charge in [0.1, 0.15) is 18.4 Å². The van der Waals surface area contributed by atoms with Gasteiger partial charge < -0.3 is 29.6 Å². The number of nitrogens with zero attached hydrogens (tertiary/aromatic N) is 3. The molecule has 0 bridgehead atoms. The van der Waals surface area contributed by atoms with Crippen molar-refractivity contribution in [2.24, 2.45) is 5.14 Å². The molecular weight excluding hydrogens is 609 g/mol. The third-order valence-corrected chi connectivity index (χ3v) is 8.68. The van der Waals surface area contributed by atoms with Gasteiger partial charge in [-0.25, -0.2) is 13.6 Å². The van der Waals surface area contributed by atoms with Crippen molar-refractivity contribution in [2.75, 3.05) is 51.1 Å². The van der Waals surface area contributed by atoms with Crippen molar-refractivity contribution in [1.82, 2.24) is 9.47 Å². The Morgan fingerprint density at radius 2 is 1.89 bits per heavy atom. The number of benzene rings is 2. The van der Waals surface area contributed by atoms with E-state index in [9.17, 15) is 21.6 Å². The minimum Gasteiger partial charge on any atom is -0.477 e. The summed E-state index contributed by atoms with van der Waals surface area (Å²) in [5.74, 6) is 5.78. The van der Waals surface area contributed by atoms with Gasteiger partial charge in [0.05, 0.1) is 34.9 Å². The molecule has 4 rings (SSSR count). The SMILES string of the molecule is COCCN(C)[C@H]1CC[C@@H](Nc2cccc3c2cc(C#CCNc2ccc(S(N)(=O)=O)cc2OCC#N)n3CC(F)(F)F)CC1. The summed E-state index contributed by atoms with van der Waals surface area (Å²) < 4.78 is 76.1. The number of anilines is 2. The average Bonchev–Trinajstić information content (AvgIpc) is 3.33. The van der Waals surface area contributed by atoms with Crippen LogP contribution in [0.2, 0.25) is 0 Å². The molecule has 1 aromatic heterocycles. The van der Waals surface area contributed by atoms with Crippen LogP contribution in [0.25, 0.3) is 10.9 Å². The van der Waals surface area contributed by atoms with Gasteiger partial charge in [0.2, 0.25) is 10.0 Å². The van der Waals surface area contributed by atoms with Gasteiger partial charge in [-0.3, -0.25) is 0 Å². The Labute approximate surface area is 261 Å². The molecule has 1 aliphatic carbocycles. The van der Waals surface area contributed by atoms with E-state index < -0.39 is 22.7 Å². The first-order chi connectivity index (χ1) is 21.4. The van der Waals surface area contributed by atoms with Crippen LogP contribution < -0.4 is 20.5 Å². The van der Waals surface area contributed by atoms with Gasteiger partial charge in [-0.15, -0.1) is 0 Å². The number of hydrogen-bond acceptors (Lipinski definition) is 8. The summed E-state index contributed by atoms with van der Waals surface area (Å²) in [6.07, 6.45) is -0.548. The van der Waals surface area contributed by atoms with Crippen LogP contribution in [0, 0.1) is 23.2 Å². The molecule has 1 fully saturated rings. The first-order valence-electron chi connectivity index (χ1n) is 14.4. The molecular formula is C31H37F3N6O4S. The molecule has 1 aliphatic rings. The number of nitrogens with one attached hydrogen (secondary N) is 2. The molecule has 2 aromatic carbocycles. The number of sulfonamides is 1. The third-order valence-electron chi connectivity index (χ3n) is 7.77. The van der Waals surface area contributed by atoms with Gasteiger partial charge in [0.25, 0.3) is 0 Å². The number of likely N-dealkylation sites (N-methyl/N-ethyl adjacent to an activating group) is 1. The highest BCUT2D eigenvalue weighted by Gasteiger charge is 2.30. The molecule has 242 valence electrons. The fourth-order valence-electron chi connectivity index (χ4n) is 5.49. The number of aromatic nitrogens is 1.